The summed E-state index contributed by atoms with van der Waals surface area (Å²) in [6.45, 7) is 5.39. The molecule has 1 atom stereocenters. The maximum Gasteiger partial charge on any atom is 0.221 e. The first-order valence-electron chi connectivity index (χ1n) is 7.17. The van der Waals surface area contributed by atoms with Gasteiger partial charge < -0.3 is 5.32 Å². The molecule has 1 aromatic carbocycles. The second-order valence-corrected chi connectivity index (χ2v) is 8.16. The van der Waals surface area contributed by atoms with Gasteiger partial charge in [-0.2, -0.15) is 0 Å². The van der Waals surface area contributed by atoms with Gasteiger partial charge in [-0.05, 0) is 37.6 Å². The molecule has 0 spiro atoms. The van der Waals surface area contributed by atoms with Crippen molar-refractivity contribution >= 4 is 21.4 Å². The molecule has 1 fully saturated rings. The minimum Gasteiger partial charge on any atom is -0.326 e. The molecule has 1 heterocycles. The van der Waals surface area contributed by atoms with Crippen molar-refractivity contribution in [1.82, 2.24) is 4.90 Å². The Bertz CT molecular complexity index is 596. The van der Waals surface area contributed by atoms with Crippen LogP contribution in [0, 0.1) is 0 Å². The van der Waals surface area contributed by atoms with Gasteiger partial charge in [0.1, 0.15) is 0 Å². The van der Waals surface area contributed by atoms with Gasteiger partial charge in [-0.3, -0.25) is 9.69 Å². The molecule has 1 aromatic rings. The van der Waals surface area contributed by atoms with E-state index in [-0.39, 0.29) is 16.9 Å². The number of carbonyl (C=O) groups is 1. The Hall–Kier alpha value is -1.40. The van der Waals surface area contributed by atoms with Crippen LogP contribution in [0.3, 0.4) is 0 Å². The van der Waals surface area contributed by atoms with Crippen molar-refractivity contribution in [3.05, 3.63) is 29.8 Å². The van der Waals surface area contributed by atoms with E-state index in [9.17, 15) is 13.2 Å². The molecule has 0 radical (unpaired) electrons. The third kappa shape index (κ3) is 4.54. The van der Waals surface area contributed by atoms with E-state index in [2.05, 4.69) is 10.2 Å². The number of sulfone groups is 1. The van der Waals surface area contributed by atoms with Gasteiger partial charge in [0.25, 0.3) is 0 Å². The normalized spacial score (nSPS) is 22.5. The van der Waals surface area contributed by atoms with Crippen LogP contribution in [0.5, 0.6) is 0 Å². The minimum atomic E-state index is -2.93. The van der Waals surface area contributed by atoms with Crippen molar-refractivity contribution < 1.29 is 13.2 Å². The maximum atomic E-state index is 11.9. The highest BCUT2D eigenvalue weighted by molar-refractivity contribution is 7.92. The molecule has 0 bridgehead atoms. The number of anilines is 1. The Kier molecular flexibility index (Phi) is 5.00. The molecule has 0 aromatic heterocycles. The number of rotatable bonds is 3. The quantitative estimate of drug-likeness (QED) is 0.922. The summed E-state index contributed by atoms with van der Waals surface area (Å²) in [6.07, 6.45) is 0.687. The fourth-order valence-corrected chi connectivity index (χ4v) is 3.81. The lowest BCUT2D eigenvalue weighted by molar-refractivity contribution is -0.114. The first kappa shape index (κ1) is 16.0. The van der Waals surface area contributed by atoms with Crippen LogP contribution < -0.4 is 5.32 Å². The summed E-state index contributed by atoms with van der Waals surface area (Å²) >= 11 is 0. The fraction of sp³-hybridized carbons (Fsp3) is 0.533. The summed E-state index contributed by atoms with van der Waals surface area (Å²) in [5.41, 5.74) is 1.90. The summed E-state index contributed by atoms with van der Waals surface area (Å²) in [5.74, 6) is 0.146. The van der Waals surface area contributed by atoms with Gasteiger partial charge in [0.05, 0.1) is 11.0 Å². The lowest BCUT2D eigenvalue weighted by atomic mass is 10.2. The molecule has 1 saturated heterocycles. The van der Waals surface area contributed by atoms with Crippen molar-refractivity contribution in [2.75, 3.05) is 24.2 Å². The zero-order valence-corrected chi connectivity index (χ0v) is 13.3. The maximum absolute atomic E-state index is 11.9. The Labute approximate surface area is 126 Å². The SMILES string of the molecule is CC(=O)Nc1ccc(CN2CCC(C)S(=O)(=O)CC2)cc1. The molecule has 1 unspecified atom stereocenters. The van der Waals surface area contributed by atoms with Crippen LogP contribution in [0.15, 0.2) is 24.3 Å². The number of nitrogens with one attached hydrogen (secondary N) is 1. The van der Waals surface area contributed by atoms with E-state index in [4.69, 9.17) is 0 Å². The predicted molar refractivity (Wildman–Crippen MR) is 83.9 cm³/mol. The van der Waals surface area contributed by atoms with Crippen LogP contribution in [-0.2, 0) is 21.2 Å². The molecule has 2 rings (SSSR count). The highest BCUT2D eigenvalue weighted by Gasteiger charge is 2.26. The van der Waals surface area contributed by atoms with Gasteiger partial charge in [0.15, 0.2) is 9.84 Å². The van der Waals surface area contributed by atoms with Crippen molar-refractivity contribution in [2.24, 2.45) is 0 Å². The van der Waals surface area contributed by atoms with E-state index < -0.39 is 9.84 Å². The molecular formula is C15H22N2O3S. The van der Waals surface area contributed by atoms with E-state index in [1.54, 1.807) is 6.92 Å². The van der Waals surface area contributed by atoms with Crippen LogP contribution in [0.2, 0.25) is 0 Å². The topological polar surface area (TPSA) is 66.5 Å². The average molecular weight is 310 g/mol. The molecular weight excluding hydrogens is 288 g/mol. The minimum absolute atomic E-state index is 0.0885. The molecule has 116 valence electrons. The van der Waals surface area contributed by atoms with Gasteiger partial charge in [0, 0.05) is 25.7 Å². The van der Waals surface area contributed by atoms with Gasteiger partial charge in [0.2, 0.25) is 5.91 Å². The summed E-state index contributed by atoms with van der Waals surface area (Å²) < 4.78 is 23.8. The number of hydrogen-bond donors (Lipinski definition) is 1. The third-order valence-corrected chi connectivity index (χ3v) is 6.05. The Balaban J connectivity index is 1.97. The summed E-state index contributed by atoms with van der Waals surface area (Å²) in [6, 6.07) is 7.67. The van der Waals surface area contributed by atoms with Crippen molar-refractivity contribution in [2.45, 2.75) is 32.1 Å². The second kappa shape index (κ2) is 6.58. The zero-order valence-electron chi connectivity index (χ0n) is 12.5. The Morgan fingerprint density at radius 3 is 2.57 bits per heavy atom. The Morgan fingerprint density at radius 2 is 1.95 bits per heavy atom. The average Bonchev–Trinajstić information content (AvgIpc) is 2.54. The summed E-state index contributed by atoms with van der Waals surface area (Å²) in [4.78, 5) is 13.1. The highest BCUT2D eigenvalue weighted by Crippen LogP contribution is 2.16. The van der Waals surface area contributed by atoms with Crippen LogP contribution in [0.1, 0.15) is 25.8 Å². The number of nitrogens with zero attached hydrogens (tertiary/aromatic N) is 1. The fourth-order valence-electron chi connectivity index (χ4n) is 2.43. The molecule has 6 heteroatoms. The van der Waals surface area contributed by atoms with Crippen LogP contribution in [0.25, 0.3) is 0 Å². The molecule has 0 saturated carbocycles. The van der Waals surface area contributed by atoms with E-state index in [0.29, 0.717) is 13.0 Å². The van der Waals surface area contributed by atoms with Gasteiger partial charge in [-0.25, -0.2) is 8.42 Å². The van der Waals surface area contributed by atoms with Crippen molar-refractivity contribution in [1.29, 1.82) is 0 Å². The van der Waals surface area contributed by atoms with Gasteiger partial charge >= 0.3 is 0 Å². The molecule has 1 aliphatic rings. The zero-order chi connectivity index (χ0) is 15.5. The standard InChI is InChI=1S/C15H22N2O3S/c1-12-7-8-17(9-10-21(12,19)20)11-14-3-5-15(6-4-14)16-13(2)18/h3-6,12H,7-11H2,1-2H3,(H,16,18). The van der Waals surface area contributed by atoms with E-state index in [1.807, 2.05) is 24.3 Å². The van der Waals surface area contributed by atoms with E-state index >= 15 is 0 Å². The van der Waals surface area contributed by atoms with Gasteiger partial charge in [-0.1, -0.05) is 12.1 Å². The number of hydrogen-bond acceptors (Lipinski definition) is 4. The lowest BCUT2D eigenvalue weighted by Crippen LogP contribution is -2.26. The predicted octanol–water partition coefficient (Wildman–Crippen LogP) is 1.65. The first-order valence-corrected chi connectivity index (χ1v) is 8.89. The monoisotopic (exact) mass is 310 g/mol. The molecule has 1 aliphatic heterocycles. The summed E-state index contributed by atoms with van der Waals surface area (Å²) in [7, 11) is -2.93. The van der Waals surface area contributed by atoms with Gasteiger partial charge in [-0.15, -0.1) is 0 Å². The molecule has 5 nitrogen and oxygen atoms in total. The number of amides is 1. The molecule has 21 heavy (non-hydrogen) atoms. The van der Waals surface area contributed by atoms with Crippen LogP contribution >= 0.6 is 0 Å². The first-order chi connectivity index (χ1) is 9.87. The molecule has 0 aliphatic carbocycles. The second-order valence-electron chi connectivity index (χ2n) is 5.62. The third-order valence-electron chi connectivity index (χ3n) is 3.84. The summed E-state index contributed by atoms with van der Waals surface area (Å²) in [5, 5.41) is 2.48. The Morgan fingerprint density at radius 1 is 1.29 bits per heavy atom. The smallest absolute Gasteiger partial charge is 0.221 e. The van der Waals surface area contributed by atoms with E-state index in [0.717, 1.165) is 24.3 Å². The highest BCUT2D eigenvalue weighted by atomic mass is 32.2. The van der Waals surface area contributed by atoms with Crippen molar-refractivity contribution in [3.8, 4) is 0 Å². The van der Waals surface area contributed by atoms with Crippen molar-refractivity contribution in [3.63, 3.8) is 0 Å². The number of carbonyl (C=O) groups excluding carboxylic acids is 1. The lowest BCUT2D eigenvalue weighted by Gasteiger charge is -2.19. The molecule has 1 amide bonds. The van der Waals surface area contributed by atoms with E-state index in [1.165, 1.54) is 6.92 Å². The largest absolute Gasteiger partial charge is 0.326 e. The van der Waals surface area contributed by atoms with Crippen LogP contribution in [-0.4, -0.2) is 43.3 Å². The molecule has 1 N–H and O–H groups in total. The number of benzene rings is 1. The van der Waals surface area contributed by atoms with Crippen LogP contribution in [0.4, 0.5) is 5.69 Å².